The van der Waals surface area contributed by atoms with Crippen molar-refractivity contribution >= 4 is 79.5 Å². The first-order valence-electron chi connectivity index (χ1n) is 8.44. The Morgan fingerprint density at radius 1 is 1.23 bits per heavy atom. The molecule has 1 heterocycles. The molecule has 156 valence electrons. The first-order valence-corrected chi connectivity index (χ1v) is 10.8. The molecule has 0 N–H and O–H groups in total. The van der Waals surface area contributed by atoms with E-state index in [1.165, 1.54) is 30.9 Å². The summed E-state index contributed by atoms with van der Waals surface area (Å²) in [6.45, 7) is -0.197. The van der Waals surface area contributed by atoms with Gasteiger partial charge in [0.05, 0.1) is 34.3 Å². The van der Waals surface area contributed by atoms with Crippen LogP contribution in [0.15, 0.2) is 45.8 Å². The zero-order valence-electron chi connectivity index (χ0n) is 15.8. The van der Waals surface area contributed by atoms with Gasteiger partial charge in [-0.1, -0.05) is 41.6 Å². The van der Waals surface area contributed by atoms with Crippen molar-refractivity contribution in [2.45, 2.75) is 0 Å². The molecule has 0 unspecified atom stereocenters. The lowest BCUT2D eigenvalue weighted by atomic mass is 10.2. The van der Waals surface area contributed by atoms with Crippen molar-refractivity contribution in [2.75, 3.05) is 25.7 Å². The minimum Gasteiger partial charge on any atom is -0.495 e. The maximum Gasteiger partial charge on any atom is 0.343 e. The second kappa shape index (κ2) is 9.82. The normalized spacial score (nSPS) is 14.9. The van der Waals surface area contributed by atoms with Crippen LogP contribution in [0.25, 0.3) is 6.08 Å². The summed E-state index contributed by atoms with van der Waals surface area (Å²) >= 11 is 16.2. The summed E-state index contributed by atoms with van der Waals surface area (Å²) in [5.41, 5.74) is 1.33. The third-order valence-corrected chi connectivity index (χ3v) is 6.23. The Labute approximate surface area is 196 Å². The molecule has 6 nitrogen and oxygen atoms in total. The Kier molecular flexibility index (Phi) is 7.41. The van der Waals surface area contributed by atoms with Gasteiger partial charge in [-0.2, -0.15) is 0 Å². The van der Waals surface area contributed by atoms with E-state index in [0.717, 1.165) is 5.56 Å². The van der Waals surface area contributed by atoms with Crippen LogP contribution in [0.2, 0.25) is 5.02 Å². The summed E-state index contributed by atoms with van der Waals surface area (Å²) in [7, 11) is 2.81. The van der Waals surface area contributed by atoms with E-state index in [0.29, 0.717) is 35.9 Å². The number of carbonyl (C=O) groups excluding carboxylic acids is 2. The van der Waals surface area contributed by atoms with Gasteiger partial charge in [0.25, 0.3) is 5.91 Å². The number of amides is 1. The molecular weight excluding hydrogens is 514 g/mol. The lowest BCUT2D eigenvalue weighted by molar-refractivity contribution is -0.142. The Morgan fingerprint density at radius 3 is 2.60 bits per heavy atom. The molecule has 0 aromatic heterocycles. The van der Waals surface area contributed by atoms with E-state index in [-0.39, 0.29) is 12.5 Å². The van der Waals surface area contributed by atoms with Gasteiger partial charge in [-0.25, -0.2) is 4.79 Å². The largest absolute Gasteiger partial charge is 0.495 e. The van der Waals surface area contributed by atoms with Crippen molar-refractivity contribution in [3.63, 3.8) is 0 Å². The van der Waals surface area contributed by atoms with Gasteiger partial charge in [0, 0.05) is 0 Å². The Bertz CT molecular complexity index is 1060. The highest BCUT2D eigenvalue weighted by molar-refractivity contribution is 9.10. The Morgan fingerprint density at radius 2 is 1.97 bits per heavy atom. The molecular formula is C20H15BrClNO5S2. The summed E-state index contributed by atoms with van der Waals surface area (Å²) in [6, 6.07) is 10.3. The van der Waals surface area contributed by atoms with Crippen LogP contribution in [0.3, 0.4) is 0 Å². The minimum atomic E-state index is -0.478. The highest BCUT2D eigenvalue weighted by Crippen LogP contribution is 2.39. The lowest BCUT2D eigenvalue weighted by Gasteiger charge is -2.15. The van der Waals surface area contributed by atoms with Crippen molar-refractivity contribution in [3.8, 4) is 11.5 Å². The smallest absolute Gasteiger partial charge is 0.343 e. The van der Waals surface area contributed by atoms with E-state index in [2.05, 4.69) is 20.7 Å². The third-order valence-electron chi connectivity index (χ3n) is 4.01. The van der Waals surface area contributed by atoms with Crippen LogP contribution in [-0.2, 0) is 14.3 Å². The maximum atomic E-state index is 12.9. The number of hydrogen-bond acceptors (Lipinski definition) is 7. The Balaban J connectivity index is 1.81. The highest BCUT2D eigenvalue weighted by atomic mass is 79.9. The molecule has 1 aliphatic rings. The zero-order valence-corrected chi connectivity index (χ0v) is 19.8. The lowest BCUT2D eigenvalue weighted by Crippen LogP contribution is -2.27. The molecule has 1 amide bonds. The van der Waals surface area contributed by atoms with Gasteiger partial charge >= 0.3 is 5.97 Å². The van der Waals surface area contributed by atoms with Crippen LogP contribution in [-0.4, -0.2) is 37.0 Å². The molecule has 0 atom stereocenters. The van der Waals surface area contributed by atoms with E-state index in [4.69, 9.17) is 33.3 Å². The summed E-state index contributed by atoms with van der Waals surface area (Å²) in [5.74, 6) is 0.278. The van der Waals surface area contributed by atoms with Crippen LogP contribution < -0.4 is 14.4 Å². The van der Waals surface area contributed by atoms with Gasteiger partial charge in [-0.3, -0.25) is 9.69 Å². The molecule has 1 aliphatic heterocycles. The molecule has 10 heteroatoms. The quantitative estimate of drug-likeness (QED) is 0.295. The number of ether oxygens (including phenoxy) is 3. The molecule has 2 aromatic carbocycles. The van der Waals surface area contributed by atoms with Crippen LogP contribution in [0.1, 0.15) is 5.56 Å². The number of methoxy groups -OCH3 is 2. The first kappa shape index (κ1) is 22.6. The van der Waals surface area contributed by atoms with Crippen molar-refractivity contribution in [3.05, 3.63) is 56.4 Å². The number of anilines is 1. The predicted octanol–water partition coefficient (Wildman–Crippen LogP) is 5.07. The number of thiocarbonyl (C=S) groups is 1. The summed E-state index contributed by atoms with van der Waals surface area (Å²) in [6.07, 6.45) is 1.74. The van der Waals surface area contributed by atoms with Gasteiger partial charge in [-0.05, 0) is 57.9 Å². The van der Waals surface area contributed by atoms with Crippen LogP contribution >= 0.6 is 51.5 Å². The highest BCUT2D eigenvalue weighted by Gasteiger charge is 2.33. The van der Waals surface area contributed by atoms with E-state index < -0.39 is 5.97 Å². The number of hydrogen-bond donors (Lipinski definition) is 0. The number of esters is 1. The fourth-order valence-electron chi connectivity index (χ4n) is 2.56. The maximum absolute atomic E-state index is 12.9. The van der Waals surface area contributed by atoms with E-state index >= 15 is 0 Å². The summed E-state index contributed by atoms with van der Waals surface area (Å²) in [4.78, 5) is 26.1. The molecule has 0 saturated carbocycles. The third kappa shape index (κ3) is 4.97. The summed E-state index contributed by atoms with van der Waals surface area (Å²) in [5, 5.41) is 0.388. The number of rotatable bonds is 6. The second-order valence-corrected chi connectivity index (χ2v) is 8.83. The van der Waals surface area contributed by atoms with Gasteiger partial charge in [0.1, 0.15) is 11.5 Å². The molecule has 3 rings (SSSR count). The van der Waals surface area contributed by atoms with Crippen molar-refractivity contribution in [2.24, 2.45) is 0 Å². The average Bonchev–Trinajstić information content (AvgIpc) is 3.00. The summed E-state index contributed by atoms with van der Waals surface area (Å²) < 4.78 is 16.1. The predicted molar refractivity (Wildman–Crippen MR) is 125 cm³/mol. The number of halogens is 2. The van der Waals surface area contributed by atoms with Crippen LogP contribution in [0.4, 0.5) is 5.69 Å². The molecule has 30 heavy (non-hydrogen) atoms. The van der Waals surface area contributed by atoms with E-state index in [9.17, 15) is 9.59 Å². The van der Waals surface area contributed by atoms with Gasteiger partial charge in [0.15, 0.2) is 10.9 Å². The molecule has 1 saturated heterocycles. The van der Waals surface area contributed by atoms with Crippen molar-refractivity contribution < 1.29 is 23.8 Å². The zero-order chi connectivity index (χ0) is 21.8. The van der Waals surface area contributed by atoms with Crippen LogP contribution in [0, 0.1) is 0 Å². The monoisotopic (exact) mass is 527 g/mol. The second-order valence-electron chi connectivity index (χ2n) is 5.89. The molecule has 0 spiro atoms. The average molecular weight is 529 g/mol. The van der Waals surface area contributed by atoms with E-state index in [1.54, 1.807) is 42.5 Å². The Hall–Kier alpha value is -2.07. The van der Waals surface area contributed by atoms with Crippen LogP contribution in [0.5, 0.6) is 11.5 Å². The van der Waals surface area contributed by atoms with Crippen molar-refractivity contribution in [1.82, 2.24) is 0 Å². The fourth-order valence-corrected chi connectivity index (χ4v) is 4.62. The number of benzene rings is 2. The molecule has 1 fully saturated rings. The topological polar surface area (TPSA) is 65.1 Å². The first-order chi connectivity index (χ1) is 14.3. The van der Waals surface area contributed by atoms with E-state index in [1.807, 2.05) is 0 Å². The number of nitrogens with zero attached hydrogens (tertiary/aromatic N) is 1. The number of carbonyl (C=O) groups is 2. The SMILES string of the molecule is COC(=O)COc1ccc(/C=C2/SC(=S)N(c3ccc(OC)c(Cl)c3)C2=O)cc1Br. The van der Waals surface area contributed by atoms with Crippen molar-refractivity contribution in [1.29, 1.82) is 0 Å². The van der Waals surface area contributed by atoms with Gasteiger partial charge in [-0.15, -0.1) is 0 Å². The standard InChI is InChI=1S/C20H15BrClNO5S2/c1-26-16-6-4-12(9-14(16)22)23-19(25)17(30-20(23)29)8-11-3-5-15(13(21)7-11)28-10-18(24)27-2/h3-9H,10H2,1-2H3/b17-8+. The van der Waals surface area contributed by atoms with Gasteiger partial charge < -0.3 is 14.2 Å². The van der Waals surface area contributed by atoms with Gasteiger partial charge in [0.2, 0.25) is 0 Å². The number of thioether (sulfide) groups is 1. The molecule has 0 bridgehead atoms. The molecule has 0 aliphatic carbocycles. The molecule has 2 aromatic rings. The molecule has 0 radical (unpaired) electrons. The fraction of sp³-hybridized carbons (Fsp3) is 0.150. The minimum absolute atomic E-state index is 0.197.